The second-order valence-corrected chi connectivity index (χ2v) is 5.31. The van der Waals surface area contributed by atoms with Crippen LogP contribution in [0, 0.1) is 5.92 Å². The summed E-state index contributed by atoms with van der Waals surface area (Å²) in [5, 5.41) is 21.0. The van der Waals surface area contributed by atoms with E-state index in [4.69, 9.17) is 4.74 Å². The molecule has 1 heterocycles. The first-order chi connectivity index (χ1) is 9.96. The highest BCUT2D eigenvalue weighted by Gasteiger charge is 2.23. The average Bonchev–Trinajstić information content (AvgIpc) is 2.45. The Morgan fingerprint density at radius 1 is 1.29 bits per heavy atom. The van der Waals surface area contributed by atoms with Gasteiger partial charge in [0, 0.05) is 7.11 Å². The lowest BCUT2D eigenvalue weighted by atomic mass is 10.0. The Morgan fingerprint density at radius 2 is 1.95 bits per heavy atom. The minimum absolute atomic E-state index is 0.0143. The number of nitrogens with zero attached hydrogens (tertiary/aromatic N) is 2. The van der Waals surface area contributed by atoms with E-state index in [1.165, 1.54) is 0 Å². The first-order valence-electron chi connectivity index (χ1n) is 7.33. The number of ether oxygens (including phenoxy) is 1. The molecule has 1 rings (SSSR count). The van der Waals surface area contributed by atoms with Crippen molar-refractivity contribution in [1.82, 2.24) is 10.2 Å². The maximum Gasteiger partial charge on any atom is 0.339 e. The normalized spacial score (nSPS) is 12.5. The van der Waals surface area contributed by atoms with E-state index in [9.17, 15) is 9.90 Å². The number of rotatable bonds is 8. The number of methoxy groups -OCH3 is 1. The van der Waals surface area contributed by atoms with Crippen molar-refractivity contribution in [2.75, 3.05) is 19.0 Å². The molecule has 0 bridgehead atoms. The fourth-order valence-electron chi connectivity index (χ4n) is 2.26. The molecule has 1 aromatic rings. The fraction of sp³-hybridized carbons (Fsp3) is 0.667. The molecule has 0 amide bonds. The maximum absolute atomic E-state index is 11.6. The minimum atomic E-state index is -0.973. The van der Waals surface area contributed by atoms with Gasteiger partial charge in [-0.2, -0.15) is 5.10 Å². The molecule has 1 unspecified atom stereocenters. The molecule has 0 fully saturated rings. The molecule has 21 heavy (non-hydrogen) atoms. The van der Waals surface area contributed by atoms with Gasteiger partial charge in [0.2, 0.25) is 0 Å². The number of aromatic nitrogens is 2. The first kappa shape index (κ1) is 17.4. The van der Waals surface area contributed by atoms with Crippen LogP contribution < -0.4 is 5.32 Å². The number of hydrogen-bond acceptors (Lipinski definition) is 5. The third-order valence-electron chi connectivity index (χ3n) is 3.53. The van der Waals surface area contributed by atoms with Crippen molar-refractivity contribution in [2.45, 2.75) is 46.6 Å². The topological polar surface area (TPSA) is 84.3 Å². The van der Waals surface area contributed by atoms with E-state index in [0.717, 1.165) is 11.3 Å². The van der Waals surface area contributed by atoms with Gasteiger partial charge in [-0.3, -0.25) is 0 Å². The summed E-state index contributed by atoms with van der Waals surface area (Å²) in [5.41, 5.74) is 1.72. The molecule has 6 nitrogen and oxygen atoms in total. The lowest BCUT2D eigenvalue weighted by molar-refractivity contribution is 0.0695. The summed E-state index contributed by atoms with van der Waals surface area (Å²) < 4.78 is 5.18. The van der Waals surface area contributed by atoms with Crippen LogP contribution >= 0.6 is 0 Å². The van der Waals surface area contributed by atoms with Crippen LogP contribution in [0.5, 0.6) is 0 Å². The van der Waals surface area contributed by atoms with Gasteiger partial charge >= 0.3 is 5.97 Å². The van der Waals surface area contributed by atoms with Crippen LogP contribution in [0.1, 0.15) is 49.3 Å². The molecular weight excluding hydrogens is 270 g/mol. The Labute approximate surface area is 125 Å². The van der Waals surface area contributed by atoms with E-state index in [-0.39, 0.29) is 17.5 Å². The Bertz CT molecular complexity index is 489. The number of aromatic carboxylic acids is 1. The Morgan fingerprint density at radius 3 is 2.38 bits per heavy atom. The van der Waals surface area contributed by atoms with Crippen LogP contribution in [0.2, 0.25) is 0 Å². The standard InChI is InChI=1S/C15H25N3O3/c1-6-10-11(7-2)17-18-14(13(10)15(19)20)16-12(8-21-5)9(3)4/h9,12H,6-8H2,1-5H3,(H,16,18)(H,19,20). The summed E-state index contributed by atoms with van der Waals surface area (Å²) in [6.45, 7) is 8.46. The number of nitrogens with one attached hydrogen (secondary N) is 1. The quantitative estimate of drug-likeness (QED) is 0.766. The van der Waals surface area contributed by atoms with Gasteiger partial charge in [-0.1, -0.05) is 27.7 Å². The zero-order chi connectivity index (χ0) is 16.0. The fourth-order valence-corrected chi connectivity index (χ4v) is 2.26. The lowest BCUT2D eigenvalue weighted by Crippen LogP contribution is -2.32. The molecule has 0 saturated heterocycles. The van der Waals surface area contributed by atoms with Crippen molar-refractivity contribution in [2.24, 2.45) is 5.92 Å². The SMILES string of the molecule is CCc1nnc(NC(COC)C(C)C)c(C(=O)O)c1CC. The number of carboxylic acid groups (broad SMARTS) is 1. The van der Waals surface area contributed by atoms with Gasteiger partial charge in [-0.25, -0.2) is 4.79 Å². The van der Waals surface area contributed by atoms with E-state index >= 15 is 0 Å². The van der Waals surface area contributed by atoms with E-state index in [1.54, 1.807) is 7.11 Å². The highest BCUT2D eigenvalue weighted by atomic mass is 16.5. The summed E-state index contributed by atoms with van der Waals surface area (Å²) >= 11 is 0. The predicted octanol–water partition coefficient (Wildman–Crippen LogP) is 2.38. The predicted molar refractivity (Wildman–Crippen MR) is 81.9 cm³/mol. The van der Waals surface area contributed by atoms with Gasteiger partial charge < -0.3 is 15.2 Å². The van der Waals surface area contributed by atoms with Crippen LogP contribution in [0.25, 0.3) is 0 Å². The molecule has 0 aromatic carbocycles. The molecule has 0 spiro atoms. The van der Waals surface area contributed by atoms with E-state index in [1.807, 2.05) is 27.7 Å². The molecular formula is C15H25N3O3. The summed E-state index contributed by atoms with van der Waals surface area (Å²) in [7, 11) is 1.62. The maximum atomic E-state index is 11.6. The average molecular weight is 295 g/mol. The Hall–Kier alpha value is -1.69. The third kappa shape index (κ3) is 4.14. The van der Waals surface area contributed by atoms with Crippen LogP contribution in [0.3, 0.4) is 0 Å². The smallest absolute Gasteiger partial charge is 0.339 e. The molecule has 118 valence electrons. The second kappa shape index (κ2) is 7.93. The molecule has 0 radical (unpaired) electrons. The zero-order valence-electron chi connectivity index (χ0n) is 13.4. The van der Waals surface area contributed by atoms with Crippen molar-refractivity contribution in [1.29, 1.82) is 0 Å². The number of carboxylic acids is 1. The number of hydrogen-bond donors (Lipinski definition) is 2. The van der Waals surface area contributed by atoms with Crippen LogP contribution in [0.4, 0.5) is 5.82 Å². The van der Waals surface area contributed by atoms with Gasteiger partial charge in [-0.15, -0.1) is 5.10 Å². The van der Waals surface area contributed by atoms with E-state index in [2.05, 4.69) is 15.5 Å². The van der Waals surface area contributed by atoms with Gasteiger partial charge in [0.1, 0.15) is 5.56 Å². The van der Waals surface area contributed by atoms with Gasteiger partial charge in [0.15, 0.2) is 5.82 Å². The van der Waals surface area contributed by atoms with Gasteiger partial charge in [-0.05, 0) is 24.3 Å². The molecule has 0 aliphatic heterocycles. The second-order valence-electron chi connectivity index (χ2n) is 5.31. The van der Waals surface area contributed by atoms with Crippen molar-refractivity contribution in [3.63, 3.8) is 0 Å². The number of anilines is 1. The molecule has 0 saturated carbocycles. The minimum Gasteiger partial charge on any atom is -0.478 e. The van der Waals surface area contributed by atoms with Gasteiger partial charge in [0.25, 0.3) is 0 Å². The molecule has 0 aliphatic carbocycles. The van der Waals surface area contributed by atoms with Crippen LogP contribution in [-0.4, -0.2) is 41.0 Å². The zero-order valence-corrected chi connectivity index (χ0v) is 13.4. The summed E-state index contributed by atoms with van der Waals surface area (Å²) in [5.74, 6) is -0.365. The van der Waals surface area contributed by atoms with Crippen molar-refractivity contribution in [3.8, 4) is 0 Å². The summed E-state index contributed by atoms with van der Waals surface area (Å²) in [6.07, 6.45) is 1.29. The third-order valence-corrected chi connectivity index (χ3v) is 3.53. The van der Waals surface area contributed by atoms with Gasteiger partial charge in [0.05, 0.1) is 18.3 Å². The van der Waals surface area contributed by atoms with Crippen molar-refractivity contribution >= 4 is 11.8 Å². The number of carbonyl (C=O) groups is 1. The first-order valence-corrected chi connectivity index (χ1v) is 7.33. The van der Waals surface area contributed by atoms with Crippen molar-refractivity contribution < 1.29 is 14.6 Å². The molecule has 6 heteroatoms. The highest BCUT2D eigenvalue weighted by molar-refractivity contribution is 5.95. The molecule has 1 atom stereocenters. The van der Waals surface area contributed by atoms with Crippen LogP contribution in [0.15, 0.2) is 0 Å². The largest absolute Gasteiger partial charge is 0.478 e. The monoisotopic (exact) mass is 295 g/mol. The van der Waals surface area contributed by atoms with Crippen LogP contribution in [-0.2, 0) is 17.6 Å². The lowest BCUT2D eigenvalue weighted by Gasteiger charge is -2.23. The van der Waals surface area contributed by atoms with E-state index < -0.39 is 5.97 Å². The molecule has 2 N–H and O–H groups in total. The Balaban J connectivity index is 3.25. The number of aryl methyl sites for hydroxylation is 1. The van der Waals surface area contributed by atoms with E-state index in [0.29, 0.717) is 25.3 Å². The Kier molecular flexibility index (Phi) is 6.55. The summed E-state index contributed by atoms with van der Waals surface area (Å²) in [6, 6.07) is -0.0143. The summed E-state index contributed by atoms with van der Waals surface area (Å²) in [4.78, 5) is 11.6. The molecule has 1 aromatic heterocycles. The molecule has 0 aliphatic rings. The highest BCUT2D eigenvalue weighted by Crippen LogP contribution is 2.22. The van der Waals surface area contributed by atoms with Crippen molar-refractivity contribution in [3.05, 3.63) is 16.8 Å².